The SMILES string of the molecule is CC[C@@H]1c2ccsc2CCN1C(=O)NCc1ccc(C)n1C. The topological polar surface area (TPSA) is 37.3 Å². The van der Waals surface area contributed by atoms with Crippen molar-refractivity contribution < 1.29 is 4.79 Å². The van der Waals surface area contributed by atoms with Crippen LogP contribution in [0.4, 0.5) is 4.79 Å². The summed E-state index contributed by atoms with van der Waals surface area (Å²) in [6.07, 6.45) is 1.93. The summed E-state index contributed by atoms with van der Waals surface area (Å²) in [5.41, 5.74) is 3.67. The molecule has 0 aromatic carbocycles. The summed E-state index contributed by atoms with van der Waals surface area (Å²) >= 11 is 1.81. The lowest BCUT2D eigenvalue weighted by Crippen LogP contribution is -2.45. The van der Waals surface area contributed by atoms with Crippen molar-refractivity contribution in [1.82, 2.24) is 14.8 Å². The van der Waals surface area contributed by atoms with E-state index < -0.39 is 0 Å². The second-order valence-electron chi connectivity index (χ2n) is 5.85. The van der Waals surface area contributed by atoms with Crippen LogP contribution in [0.5, 0.6) is 0 Å². The quantitative estimate of drug-likeness (QED) is 0.922. The number of aryl methyl sites for hydroxylation is 1. The molecule has 0 aliphatic carbocycles. The van der Waals surface area contributed by atoms with Crippen molar-refractivity contribution in [2.24, 2.45) is 7.05 Å². The van der Waals surface area contributed by atoms with Crippen LogP contribution in [0.3, 0.4) is 0 Å². The zero-order valence-electron chi connectivity index (χ0n) is 13.4. The number of nitrogens with zero attached hydrogens (tertiary/aromatic N) is 2. The Balaban J connectivity index is 1.68. The fourth-order valence-corrected chi connectivity index (χ4v) is 4.12. The Bertz CT molecular complexity index is 673. The van der Waals surface area contributed by atoms with Crippen LogP contribution in [0.1, 0.15) is 41.2 Å². The number of hydrogen-bond acceptors (Lipinski definition) is 2. The molecular formula is C17H23N3OS. The Morgan fingerprint density at radius 2 is 2.23 bits per heavy atom. The minimum Gasteiger partial charge on any atom is -0.350 e. The predicted molar refractivity (Wildman–Crippen MR) is 90.1 cm³/mol. The molecule has 118 valence electrons. The van der Waals surface area contributed by atoms with E-state index in [-0.39, 0.29) is 12.1 Å². The van der Waals surface area contributed by atoms with Crippen LogP contribution in [0.25, 0.3) is 0 Å². The maximum absolute atomic E-state index is 12.6. The molecule has 22 heavy (non-hydrogen) atoms. The van der Waals surface area contributed by atoms with Gasteiger partial charge < -0.3 is 14.8 Å². The maximum Gasteiger partial charge on any atom is 0.318 e. The standard InChI is InChI=1S/C17H23N3OS/c1-4-15-14-8-10-22-16(14)7-9-20(15)17(21)18-11-13-6-5-12(2)19(13)3/h5-6,8,10,15H,4,7,9,11H2,1-3H3,(H,18,21)/t15-/m1/s1. The van der Waals surface area contributed by atoms with Gasteiger partial charge in [-0.25, -0.2) is 4.79 Å². The molecule has 1 aliphatic heterocycles. The number of hydrogen-bond donors (Lipinski definition) is 1. The van der Waals surface area contributed by atoms with E-state index in [0.29, 0.717) is 6.54 Å². The van der Waals surface area contributed by atoms with Gasteiger partial charge in [0.2, 0.25) is 0 Å². The molecule has 0 radical (unpaired) electrons. The van der Waals surface area contributed by atoms with Gasteiger partial charge in [0, 0.05) is 29.9 Å². The number of nitrogens with one attached hydrogen (secondary N) is 1. The number of urea groups is 1. The zero-order chi connectivity index (χ0) is 15.7. The molecule has 4 nitrogen and oxygen atoms in total. The van der Waals surface area contributed by atoms with Crippen molar-refractivity contribution in [2.75, 3.05) is 6.54 Å². The van der Waals surface area contributed by atoms with E-state index in [4.69, 9.17) is 0 Å². The fourth-order valence-electron chi connectivity index (χ4n) is 3.19. The molecule has 3 heterocycles. The Hall–Kier alpha value is -1.75. The molecule has 2 amide bonds. The van der Waals surface area contributed by atoms with Gasteiger partial charge in [0.05, 0.1) is 12.6 Å². The van der Waals surface area contributed by atoms with Crippen molar-refractivity contribution in [2.45, 2.75) is 39.3 Å². The highest BCUT2D eigenvalue weighted by atomic mass is 32.1. The predicted octanol–water partition coefficient (Wildman–Crippen LogP) is 3.61. The monoisotopic (exact) mass is 317 g/mol. The van der Waals surface area contributed by atoms with E-state index in [1.165, 1.54) is 16.1 Å². The van der Waals surface area contributed by atoms with Crippen LogP contribution in [-0.4, -0.2) is 22.0 Å². The molecule has 2 aromatic heterocycles. The van der Waals surface area contributed by atoms with Gasteiger partial charge in [-0.2, -0.15) is 0 Å². The first-order chi connectivity index (χ1) is 10.6. The molecule has 0 bridgehead atoms. The number of carbonyl (C=O) groups excluding carboxylic acids is 1. The minimum atomic E-state index is 0.0440. The molecular weight excluding hydrogens is 294 g/mol. The third kappa shape index (κ3) is 2.65. The van der Waals surface area contributed by atoms with Gasteiger partial charge in [0.15, 0.2) is 0 Å². The van der Waals surface area contributed by atoms with E-state index in [1.54, 1.807) is 0 Å². The van der Waals surface area contributed by atoms with Crippen LogP contribution in [0, 0.1) is 6.92 Å². The molecule has 0 spiro atoms. The van der Waals surface area contributed by atoms with Crippen molar-refractivity contribution in [1.29, 1.82) is 0 Å². The number of rotatable bonds is 3. The Labute approximate surface area is 135 Å². The fraction of sp³-hybridized carbons (Fsp3) is 0.471. The van der Waals surface area contributed by atoms with Crippen LogP contribution >= 0.6 is 11.3 Å². The first-order valence-electron chi connectivity index (χ1n) is 7.83. The summed E-state index contributed by atoms with van der Waals surface area (Å²) in [4.78, 5) is 16.0. The number of fused-ring (bicyclic) bond motifs is 1. The normalized spacial score (nSPS) is 17.4. The van der Waals surface area contributed by atoms with Crippen LogP contribution in [-0.2, 0) is 20.0 Å². The van der Waals surface area contributed by atoms with E-state index in [0.717, 1.165) is 25.1 Å². The Kier molecular flexibility index (Phi) is 4.25. The summed E-state index contributed by atoms with van der Waals surface area (Å²) < 4.78 is 2.12. The van der Waals surface area contributed by atoms with Gasteiger partial charge in [-0.05, 0) is 48.9 Å². The first kappa shape index (κ1) is 15.2. The van der Waals surface area contributed by atoms with Crippen LogP contribution < -0.4 is 5.32 Å². The van der Waals surface area contributed by atoms with Gasteiger partial charge in [-0.15, -0.1) is 11.3 Å². The van der Waals surface area contributed by atoms with E-state index in [9.17, 15) is 4.79 Å². The lowest BCUT2D eigenvalue weighted by atomic mass is 9.98. The summed E-state index contributed by atoms with van der Waals surface area (Å²) in [5.74, 6) is 0. The lowest BCUT2D eigenvalue weighted by molar-refractivity contribution is 0.167. The van der Waals surface area contributed by atoms with Crippen molar-refractivity contribution >= 4 is 17.4 Å². The van der Waals surface area contributed by atoms with Gasteiger partial charge >= 0.3 is 6.03 Å². The smallest absolute Gasteiger partial charge is 0.318 e. The number of aromatic nitrogens is 1. The van der Waals surface area contributed by atoms with Crippen LogP contribution in [0.15, 0.2) is 23.6 Å². The highest BCUT2D eigenvalue weighted by molar-refractivity contribution is 7.10. The summed E-state index contributed by atoms with van der Waals surface area (Å²) in [7, 11) is 2.03. The number of carbonyl (C=O) groups is 1. The molecule has 5 heteroatoms. The highest BCUT2D eigenvalue weighted by Crippen LogP contribution is 2.35. The number of thiophene rings is 1. The molecule has 0 unspecified atom stereocenters. The Morgan fingerprint density at radius 1 is 1.41 bits per heavy atom. The number of amides is 2. The van der Waals surface area contributed by atoms with Gasteiger partial charge in [-0.1, -0.05) is 6.92 Å². The Morgan fingerprint density at radius 3 is 2.91 bits per heavy atom. The molecule has 0 saturated carbocycles. The molecule has 0 fully saturated rings. The van der Waals surface area contributed by atoms with Gasteiger partial charge in [-0.3, -0.25) is 0 Å². The van der Waals surface area contributed by atoms with E-state index in [1.807, 2.05) is 23.3 Å². The van der Waals surface area contributed by atoms with Crippen LogP contribution in [0.2, 0.25) is 0 Å². The summed E-state index contributed by atoms with van der Waals surface area (Å²) in [5, 5.41) is 5.22. The van der Waals surface area contributed by atoms with Crippen molar-refractivity contribution in [3.8, 4) is 0 Å². The van der Waals surface area contributed by atoms with E-state index >= 15 is 0 Å². The van der Waals surface area contributed by atoms with Gasteiger partial charge in [0.25, 0.3) is 0 Å². The zero-order valence-corrected chi connectivity index (χ0v) is 14.2. The molecule has 2 aromatic rings. The second kappa shape index (κ2) is 6.16. The van der Waals surface area contributed by atoms with Crippen molar-refractivity contribution in [3.63, 3.8) is 0 Å². The maximum atomic E-state index is 12.6. The second-order valence-corrected chi connectivity index (χ2v) is 6.85. The molecule has 1 atom stereocenters. The largest absolute Gasteiger partial charge is 0.350 e. The third-order valence-electron chi connectivity index (χ3n) is 4.64. The molecule has 1 aliphatic rings. The first-order valence-corrected chi connectivity index (χ1v) is 8.71. The molecule has 1 N–H and O–H groups in total. The highest BCUT2D eigenvalue weighted by Gasteiger charge is 2.30. The minimum absolute atomic E-state index is 0.0440. The lowest BCUT2D eigenvalue weighted by Gasteiger charge is -2.35. The summed E-state index contributed by atoms with van der Waals surface area (Å²) in [6.45, 7) is 5.61. The molecule has 0 saturated heterocycles. The summed E-state index contributed by atoms with van der Waals surface area (Å²) in [6, 6.07) is 6.58. The van der Waals surface area contributed by atoms with Gasteiger partial charge in [0.1, 0.15) is 0 Å². The van der Waals surface area contributed by atoms with Crippen molar-refractivity contribution in [3.05, 3.63) is 45.4 Å². The molecule has 3 rings (SSSR count). The van der Waals surface area contributed by atoms with E-state index in [2.05, 4.69) is 47.3 Å². The third-order valence-corrected chi connectivity index (χ3v) is 5.64. The average Bonchev–Trinajstić information content (AvgIpc) is 3.12. The average molecular weight is 317 g/mol.